The van der Waals surface area contributed by atoms with Crippen LogP contribution in [0, 0.1) is 0 Å². The van der Waals surface area contributed by atoms with E-state index in [1.54, 1.807) is 11.4 Å². The topological polar surface area (TPSA) is 63.8 Å². The fraction of sp³-hybridized carbons (Fsp3) is 0.250. The Morgan fingerprint density at radius 1 is 1.38 bits per heavy atom. The largest absolute Gasteiger partial charge is 0.405 e. The summed E-state index contributed by atoms with van der Waals surface area (Å²) in [6.45, 7) is -1.14. The average Bonchev–Trinajstić information content (AvgIpc) is 2.60. The summed E-state index contributed by atoms with van der Waals surface area (Å²) in [5.41, 5.74) is 5.39. The molecule has 0 saturated carbocycles. The highest BCUT2D eigenvalue weighted by Gasteiger charge is 2.27. The Labute approximate surface area is 92.3 Å². The monoisotopic (exact) mass is 248 g/mol. The summed E-state index contributed by atoms with van der Waals surface area (Å²) < 4.78 is 36.1. The van der Waals surface area contributed by atoms with Crippen LogP contribution >= 0.6 is 11.3 Å². The van der Waals surface area contributed by atoms with Gasteiger partial charge < -0.3 is 11.1 Å². The molecule has 0 unspecified atom stereocenters. The molecule has 2 rings (SSSR count). The Morgan fingerprint density at radius 3 is 2.81 bits per heavy atom. The van der Waals surface area contributed by atoms with Gasteiger partial charge in [-0.3, -0.25) is 0 Å². The van der Waals surface area contributed by atoms with Crippen molar-refractivity contribution in [1.29, 1.82) is 0 Å². The number of fused-ring (bicyclic) bond motifs is 1. The fourth-order valence-electron chi connectivity index (χ4n) is 1.19. The molecule has 16 heavy (non-hydrogen) atoms. The number of hydrogen-bond acceptors (Lipinski definition) is 5. The van der Waals surface area contributed by atoms with Crippen molar-refractivity contribution in [3.8, 4) is 0 Å². The lowest BCUT2D eigenvalue weighted by atomic mass is 10.4. The number of rotatable bonds is 2. The highest BCUT2D eigenvalue weighted by Crippen LogP contribution is 2.26. The van der Waals surface area contributed by atoms with Crippen molar-refractivity contribution in [2.24, 2.45) is 0 Å². The van der Waals surface area contributed by atoms with E-state index in [0.717, 1.165) is 0 Å². The van der Waals surface area contributed by atoms with E-state index in [1.165, 1.54) is 11.3 Å². The van der Waals surface area contributed by atoms with Gasteiger partial charge in [-0.05, 0) is 11.4 Å². The van der Waals surface area contributed by atoms with E-state index in [-0.39, 0.29) is 11.8 Å². The number of anilines is 2. The molecule has 0 atom stereocenters. The van der Waals surface area contributed by atoms with Crippen molar-refractivity contribution in [2.75, 3.05) is 17.6 Å². The van der Waals surface area contributed by atoms with Gasteiger partial charge in [0.25, 0.3) is 0 Å². The summed E-state index contributed by atoms with van der Waals surface area (Å²) >= 11 is 1.30. The molecular formula is C8H7F3N4S. The minimum Gasteiger partial charge on any atom is -0.368 e. The van der Waals surface area contributed by atoms with E-state index in [1.807, 2.05) is 0 Å². The molecule has 4 nitrogen and oxygen atoms in total. The lowest BCUT2D eigenvalue weighted by molar-refractivity contribution is -0.115. The quantitative estimate of drug-likeness (QED) is 0.855. The maximum Gasteiger partial charge on any atom is 0.405 e. The smallest absolute Gasteiger partial charge is 0.368 e. The second-order valence-corrected chi connectivity index (χ2v) is 3.93. The third kappa shape index (κ3) is 2.32. The Morgan fingerprint density at radius 2 is 2.12 bits per heavy atom. The third-order valence-electron chi connectivity index (χ3n) is 1.80. The molecule has 2 aromatic rings. The summed E-state index contributed by atoms with van der Waals surface area (Å²) in [7, 11) is 0. The van der Waals surface area contributed by atoms with Crippen molar-refractivity contribution < 1.29 is 13.2 Å². The van der Waals surface area contributed by atoms with E-state index in [0.29, 0.717) is 10.2 Å². The van der Waals surface area contributed by atoms with Gasteiger partial charge in [0.05, 0.1) is 5.39 Å². The zero-order chi connectivity index (χ0) is 11.8. The van der Waals surface area contributed by atoms with Crippen molar-refractivity contribution in [3.63, 3.8) is 0 Å². The SMILES string of the molecule is Nc1nc(NCC(F)(F)F)c2ccsc2n1. The Kier molecular flexibility index (Phi) is 2.58. The Balaban J connectivity index is 2.32. The second kappa shape index (κ2) is 3.78. The van der Waals surface area contributed by atoms with Crippen LogP contribution in [-0.4, -0.2) is 22.7 Å². The molecule has 0 bridgehead atoms. The van der Waals surface area contributed by atoms with Crippen LogP contribution < -0.4 is 11.1 Å². The van der Waals surface area contributed by atoms with E-state index >= 15 is 0 Å². The number of hydrogen-bond donors (Lipinski definition) is 2. The summed E-state index contributed by atoms with van der Waals surface area (Å²) in [5.74, 6) is 0.0701. The third-order valence-corrected chi connectivity index (χ3v) is 2.61. The molecule has 0 aliphatic rings. The van der Waals surface area contributed by atoms with E-state index in [4.69, 9.17) is 5.73 Å². The lowest BCUT2D eigenvalue weighted by Crippen LogP contribution is -2.22. The van der Waals surface area contributed by atoms with Crippen LogP contribution in [0.5, 0.6) is 0 Å². The summed E-state index contributed by atoms with van der Waals surface area (Å²) in [6.07, 6.45) is -4.29. The van der Waals surface area contributed by atoms with Crippen LogP contribution in [-0.2, 0) is 0 Å². The van der Waals surface area contributed by atoms with Crippen LogP contribution in [0.3, 0.4) is 0 Å². The standard InChI is InChI=1S/C8H7F3N4S/c9-8(10,11)3-13-5-4-1-2-16-6(4)15-7(12)14-5/h1-2H,3H2,(H3,12,13,14,15). The number of halogens is 3. The van der Waals surface area contributed by atoms with Gasteiger partial charge in [0.15, 0.2) is 0 Å². The minimum absolute atomic E-state index is 0.0420. The van der Waals surface area contributed by atoms with Crippen LogP contribution in [0.2, 0.25) is 0 Å². The molecule has 8 heteroatoms. The number of nitrogen functional groups attached to an aromatic ring is 1. The van der Waals surface area contributed by atoms with Crippen molar-refractivity contribution in [1.82, 2.24) is 9.97 Å². The van der Waals surface area contributed by atoms with Gasteiger partial charge in [0.1, 0.15) is 17.2 Å². The van der Waals surface area contributed by atoms with Gasteiger partial charge in [0, 0.05) is 0 Å². The molecule has 0 aliphatic carbocycles. The molecular weight excluding hydrogens is 241 g/mol. The van der Waals surface area contributed by atoms with Gasteiger partial charge in [-0.2, -0.15) is 18.2 Å². The van der Waals surface area contributed by atoms with Crippen molar-refractivity contribution >= 4 is 33.3 Å². The molecule has 0 spiro atoms. The van der Waals surface area contributed by atoms with Gasteiger partial charge in [-0.25, -0.2) is 4.98 Å². The fourth-order valence-corrected chi connectivity index (χ4v) is 1.96. The van der Waals surface area contributed by atoms with Crippen LogP contribution in [0.1, 0.15) is 0 Å². The first-order valence-corrected chi connectivity index (χ1v) is 5.15. The first kappa shape index (κ1) is 10.9. The van der Waals surface area contributed by atoms with Crippen molar-refractivity contribution in [2.45, 2.75) is 6.18 Å². The number of nitrogens with one attached hydrogen (secondary N) is 1. The molecule has 2 heterocycles. The zero-order valence-electron chi connectivity index (χ0n) is 7.88. The maximum absolute atomic E-state index is 12.0. The first-order chi connectivity index (χ1) is 7.46. The number of thiophene rings is 1. The normalized spacial score (nSPS) is 11.9. The highest BCUT2D eigenvalue weighted by atomic mass is 32.1. The minimum atomic E-state index is -4.29. The van der Waals surface area contributed by atoms with E-state index in [2.05, 4.69) is 15.3 Å². The first-order valence-electron chi connectivity index (χ1n) is 4.27. The van der Waals surface area contributed by atoms with Crippen LogP contribution in [0.4, 0.5) is 24.9 Å². The van der Waals surface area contributed by atoms with E-state index in [9.17, 15) is 13.2 Å². The summed E-state index contributed by atoms with van der Waals surface area (Å²) in [6, 6.07) is 1.65. The number of nitrogens with zero attached hydrogens (tertiary/aromatic N) is 2. The zero-order valence-corrected chi connectivity index (χ0v) is 8.69. The molecule has 0 aromatic carbocycles. The highest BCUT2D eigenvalue weighted by molar-refractivity contribution is 7.16. The molecule has 3 N–H and O–H groups in total. The molecule has 0 amide bonds. The predicted molar refractivity (Wildman–Crippen MR) is 56.4 cm³/mol. The molecule has 86 valence electrons. The van der Waals surface area contributed by atoms with Gasteiger partial charge in [-0.1, -0.05) is 0 Å². The second-order valence-electron chi connectivity index (χ2n) is 3.04. The number of alkyl halides is 3. The molecule has 0 aliphatic heterocycles. The number of aromatic nitrogens is 2. The average molecular weight is 248 g/mol. The molecule has 2 aromatic heterocycles. The lowest BCUT2D eigenvalue weighted by Gasteiger charge is -2.09. The number of nitrogens with two attached hydrogens (primary N) is 1. The molecule has 0 fully saturated rings. The Bertz CT molecular complexity index is 507. The maximum atomic E-state index is 12.0. The predicted octanol–water partition coefficient (Wildman–Crippen LogP) is 2.25. The van der Waals surface area contributed by atoms with Crippen molar-refractivity contribution in [3.05, 3.63) is 11.4 Å². The van der Waals surface area contributed by atoms with Gasteiger partial charge in [-0.15, -0.1) is 11.3 Å². The molecule has 0 radical (unpaired) electrons. The Hall–Kier alpha value is -1.57. The summed E-state index contributed by atoms with van der Waals surface area (Å²) in [5, 5.41) is 4.47. The van der Waals surface area contributed by atoms with Crippen LogP contribution in [0.25, 0.3) is 10.2 Å². The summed E-state index contributed by atoms with van der Waals surface area (Å²) in [4.78, 5) is 8.21. The van der Waals surface area contributed by atoms with Crippen LogP contribution in [0.15, 0.2) is 11.4 Å². The molecule has 0 saturated heterocycles. The van der Waals surface area contributed by atoms with E-state index < -0.39 is 12.7 Å². The van der Waals surface area contributed by atoms with Gasteiger partial charge in [0.2, 0.25) is 5.95 Å². The van der Waals surface area contributed by atoms with Gasteiger partial charge >= 0.3 is 6.18 Å².